The Morgan fingerprint density at radius 2 is 1.63 bits per heavy atom. The van der Waals surface area contributed by atoms with E-state index in [1.165, 1.54) is 0 Å². The van der Waals surface area contributed by atoms with Crippen molar-refractivity contribution in [3.05, 3.63) is 18.0 Å². The maximum Gasteiger partial charge on any atom is 0.243 e. The predicted octanol–water partition coefficient (Wildman–Crippen LogP) is 2.51. The molecule has 1 fully saturated rings. The molecule has 0 aliphatic carbocycles. The zero-order valence-corrected chi connectivity index (χ0v) is 16.2. The zero-order valence-electron chi connectivity index (χ0n) is 16.2. The van der Waals surface area contributed by atoms with Crippen molar-refractivity contribution < 1.29 is 19.5 Å². The van der Waals surface area contributed by atoms with Crippen molar-refractivity contribution in [3.8, 4) is 0 Å². The molecule has 8 heteroatoms. The van der Waals surface area contributed by atoms with Crippen LogP contribution in [0.2, 0.25) is 0 Å². The normalized spacial score (nSPS) is 19.7. The average molecular weight is 378 g/mol. The van der Waals surface area contributed by atoms with E-state index in [0.29, 0.717) is 24.4 Å². The second-order valence-corrected chi connectivity index (χ2v) is 7.16. The third-order valence-corrected chi connectivity index (χ3v) is 4.60. The highest BCUT2D eigenvalue weighted by Gasteiger charge is 2.24. The quantitative estimate of drug-likeness (QED) is 0.279. The summed E-state index contributed by atoms with van der Waals surface area (Å²) in [6.45, 7) is 5.55. The van der Waals surface area contributed by atoms with Crippen molar-refractivity contribution in [2.24, 2.45) is 0 Å². The first-order valence-electron chi connectivity index (χ1n) is 9.68. The molecular weight excluding hydrogens is 348 g/mol. The Kier molecular flexibility index (Phi) is 8.60. The molecule has 0 spiro atoms. The fourth-order valence-electron chi connectivity index (χ4n) is 3.27. The molecule has 0 saturated carbocycles. The molecule has 1 aromatic rings. The number of aromatic nitrogens is 2. The van der Waals surface area contributed by atoms with Crippen LogP contribution in [-0.4, -0.2) is 52.2 Å². The van der Waals surface area contributed by atoms with Crippen LogP contribution in [0.1, 0.15) is 69.2 Å². The minimum absolute atomic E-state index is 0.0601. The molecule has 0 bridgehead atoms. The number of carbonyl (C=O) groups is 2. The van der Waals surface area contributed by atoms with Crippen LogP contribution in [0.25, 0.3) is 0 Å². The van der Waals surface area contributed by atoms with Crippen LogP contribution in [0, 0.1) is 0 Å². The molecule has 2 N–H and O–H groups in total. The van der Waals surface area contributed by atoms with Crippen LogP contribution < -0.4 is 10.4 Å². The monoisotopic (exact) mass is 378 g/mol. The summed E-state index contributed by atoms with van der Waals surface area (Å²) in [4.78, 5) is 34.0. The first-order valence-corrected chi connectivity index (χ1v) is 9.68. The number of amides is 1. The van der Waals surface area contributed by atoms with Crippen molar-refractivity contribution in [2.75, 3.05) is 18.0 Å². The molecule has 8 nitrogen and oxygen atoms in total. The number of morpholine rings is 1. The van der Waals surface area contributed by atoms with Gasteiger partial charge in [-0.05, 0) is 26.7 Å². The van der Waals surface area contributed by atoms with Gasteiger partial charge >= 0.3 is 0 Å². The number of hydroxylamine groups is 1. The molecule has 27 heavy (non-hydrogen) atoms. The number of unbranched alkanes of at least 4 members (excludes halogenated alkanes) is 4. The van der Waals surface area contributed by atoms with E-state index in [1.54, 1.807) is 17.9 Å². The third-order valence-electron chi connectivity index (χ3n) is 4.60. The Balaban J connectivity index is 1.68. The third kappa shape index (κ3) is 7.22. The van der Waals surface area contributed by atoms with E-state index >= 15 is 0 Å². The van der Waals surface area contributed by atoms with Gasteiger partial charge in [-0.1, -0.05) is 19.3 Å². The number of Topliss-reactive ketones (excluding diaryl/α,β-unsaturated/α-hetero) is 1. The summed E-state index contributed by atoms with van der Waals surface area (Å²) in [5, 5.41) is 8.40. The first kappa shape index (κ1) is 21.2. The Hall–Kier alpha value is -2.06. The van der Waals surface area contributed by atoms with Gasteiger partial charge in [-0.25, -0.2) is 15.4 Å². The van der Waals surface area contributed by atoms with Crippen LogP contribution in [0.3, 0.4) is 0 Å². The molecule has 1 aliphatic heterocycles. The van der Waals surface area contributed by atoms with Gasteiger partial charge in [0.15, 0.2) is 5.78 Å². The standard InChI is InChI=1S/C19H30N4O4/c1-14-12-23(13-15(2)27-14)19-20-10-16(11-21-19)17(24)8-6-4-3-5-7-9-18(25)22-26/h10-11,14-15,26H,3-9,12-13H2,1-2H3,(H,22,25)/t14-,15+. The number of ketones is 1. The predicted molar refractivity (Wildman–Crippen MR) is 101 cm³/mol. The van der Waals surface area contributed by atoms with Crippen LogP contribution in [-0.2, 0) is 9.53 Å². The number of rotatable bonds is 10. The second-order valence-electron chi connectivity index (χ2n) is 7.16. The number of carbonyl (C=O) groups excluding carboxylic acids is 2. The molecule has 1 aromatic heterocycles. The van der Waals surface area contributed by atoms with Gasteiger partial charge in [0.05, 0.1) is 17.8 Å². The minimum atomic E-state index is -0.352. The lowest BCUT2D eigenvalue weighted by Crippen LogP contribution is -2.46. The van der Waals surface area contributed by atoms with Gasteiger partial charge in [-0.2, -0.15) is 0 Å². The molecule has 2 rings (SSSR count). The van der Waals surface area contributed by atoms with Gasteiger partial charge in [0, 0.05) is 38.3 Å². The SMILES string of the molecule is C[C@@H]1CN(c2ncc(C(=O)CCCCCCCC(=O)NO)cn2)C[C@H](C)O1. The van der Waals surface area contributed by atoms with Crippen LogP contribution in [0.4, 0.5) is 5.95 Å². The molecule has 2 heterocycles. The highest BCUT2D eigenvalue weighted by Crippen LogP contribution is 2.17. The minimum Gasteiger partial charge on any atom is -0.372 e. The molecule has 0 radical (unpaired) electrons. The summed E-state index contributed by atoms with van der Waals surface area (Å²) in [6.07, 6.45) is 8.68. The van der Waals surface area contributed by atoms with E-state index in [-0.39, 0.29) is 23.9 Å². The summed E-state index contributed by atoms with van der Waals surface area (Å²) in [5.74, 6) is 0.347. The maximum atomic E-state index is 12.3. The number of ether oxygens (including phenoxy) is 1. The van der Waals surface area contributed by atoms with Gasteiger partial charge in [0.2, 0.25) is 11.9 Å². The van der Waals surface area contributed by atoms with E-state index in [1.807, 2.05) is 13.8 Å². The smallest absolute Gasteiger partial charge is 0.243 e. The summed E-state index contributed by atoms with van der Waals surface area (Å²) < 4.78 is 5.71. The van der Waals surface area contributed by atoms with Gasteiger partial charge in [0.1, 0.15) is 0 Å². The van der Waals surface area contributed by atoms with Crippen LogP contribution in [0.15, 0.2) is 12.4 Å². The fraction of sp³-hybridized carbons (Fsp3) is 0.684. The Labute approximate surface area is 160 Å². The van der Waals surface area contributed by atoms with Crippen molar-refractivity contribution in [1.82, 2.24) is 15.4 Å². The van der Waals surface area contributed by atoms with Crippen molar-refractivity contribution in [3.63, 3.8) is 0 Å². The number of anilines is 1. The lowest BCUT2D eigenvalue weighted by Gasteiger charge is -2.35. The van der Waals surface area contributed by atoms with Crippen molar-refractivity contribution in [1.29, 1.82) is 0 Å². The van der Waals surface area contributed by atoms with E-state index in [0.717, 1.165) is 45.2 Å². The van der Waals surface area contributed by atoms with Gasteiger partial charge in [0.25, 0.3) is 0 Å². The molecule has 0 unspecified atom stereocenters. The summed E-state index contributed by atoms with van der Waals surface area (Å²) in [7, 11) is 0. The van der Waals surface area contributed by atoms with Gasteiger partial charge < -0.3 is 9.64 Å². The van der Waals surface area contributed by atoms with E-state index in [9.17, 15) is 9.59 Å². The summed E-state index contributed by atoms with van der Waals surface area (Å²) in [6, 6.07) is 0. The fourth-order valence-corrected chi connectivity index (χ4v) is 3.27. The van der Waals surface area contributed by atoms with E-state index in [2.05, 4.69) is 14.9 Å². The lowest BCUT2D eigenvalue weighted by atomic mass is 10.1. The van der Waals surface area contributed by atoms with Gasteiger partial charge in [-0.3, -0.25) is 14.8 Å². The van der Waals surface area contributed by atoms with Crippen molar-refractivity contribution >= 4 is 17.6 Å². The highest BCUT2D eigenvalue weighted by molar-refractivity contribution is 5.95. The van der Waals surface area contributed by atoms with Crippen LogP contribution >= 0.6 is 0 Å². The summed E-state index contributed by atoms with van der Waals surface area (Å²) in [5.41, 5.74) is 2.17. The molecule has 150 valence electrons. The number of nitrogens with zero attached hydrogens (tertiary/aromatic N) is 3. The molecular formula is C19H30N4O4. The van der Waals surface area contributed by atoms with E-state index in [4.69, 9.17) is 9.94 Å². The van der Waals surface area contributed by atoms with E-state index < -0.39 is 0 Å². The highest BCUT2D eigenvalue weighted by atomic mass is 16.5. The van der Waals surface area contributed by atoms with Crippen LogP contribution in [0.5, 0.6) is 0 Å². The number of nitrogens with one attached hydrogen (secondary N) is 1. The lowest BCUT2D eigenvalue weighted by molar-refractivity contribution is -0.129. The topological polar surface area (TPSA) is 105 Å². The number of hydrogen-bond acceptors (Lipinski definition) is 7. The Morgan fingerprint density at radius 3 is 2.22 bits per heavy atom. The molecule has 1 amide bonds. The molecule has 1 saturated heterocycles. The maximum absolute atomic E-state index is 12.3. The molecule has 2 atom stereocenters. The molecule has 1 aliphatic rings. The second kappa shape index (κ2) is 10.9. The Bertz CT molecular complexity index is 598. The largest absolute Gasteiger partial charge is 0.372 e. The Morgan fingerprint density at radius 1 is 1.07 bits per heavy atom. The summed E-state index contributed by atoms with van der Waals surface area (Å²) >= 11 is 0. The van der Waals surface area contributed by atoms with Crippen molar-refractivity contribution in [2.45, 2.75) is 71.0 Å². The first-order chi connectivity index (χ1) is 13.0. The van der Waals surface area contributed by atoms with Gasteiger partial charge in [-0.15, -0.1) is 0 Å². The molecule has 0 aromatic carbocycles. The average Bonchev–Trinajstić information content (AvgIpc) is 2.66. The zero-order chi connectivity index (χ0) is 19.6. The number of hydrogen-bond donors (Lipinski definition) is 2.